The number of anilines is 1. The van der Waals surface area contributed by atoms with Crippen molar-refractivity contribution in [1.82, 2.24) is 0 Å². The van der Waals surface area contributed by atoms with Gasteiger partial charge in [-0.25, -0.2) is 4.79 Å². The molecule has 0 fully saturated rings. The Balaban J connectivity index is 1.93. The molecule has 0 aliphatic rings. The quantitative estimate of drug-likeness (QED) is 0.630. The summed E-state index contributed by atoms with van der Waals surface area (Å²) in [4.78, 5) is 24.5. The fourth-order valence-corrected chi connectivity index (χ4v) is 2.44. The Morgan fingerprint density at radius 3 is 2.64 bits per heavy atom. The van der Waals surface area contributed by atoms with Crippen LogP contribution >= 0.6 is 11.3 Å². The summed E-state index contributed by atoms with van der Waals surface area (Å²) in [6.07, 6.45) is -2.94. The molecule has 1 aromatic heterocycles. The van der Waals surface area contributed by atoms with Crippen molar-refractivity contribution in [3.8, 4) is 0 Å². The first-order valence-corrected chi connectivity index (χ1v) is 8.04. The molecule has 0 bridgehead atoms. The number of halogens is 3. The molecule has 1 atom stereocenters. The molecule has 1 heterocycles. The molecule has 25 heavy (non-hydrogen) atoms. The van der Waals surface area contributed by atoms with Gasteiger partial charge >= 0.3 is 12.1 Å². The fraction of sp³-hybridized carbons (Fsp3) is 0.176. The van der Waals surface area contributed by atoms with Crippen LogP contribution in [0, 0.1) is 0 Å². The van der Waals surface area contributed by atoms with E-state index in [1.54, 1.807) is 12.1 Å². The van der Waals surface area contributed by atoms with Gasteiger partial charge in [-0.2, -0.15) is 13.2 Å². The van der Waals surface area contributed by atoms with E-state index in [1.807, 2.05) is 11.4 Å². The minimum atomic E-state index is -4.51. The van der Waals surface area contributed by atoms with Crippen LogP contribution in [-0.2, 0) is 20.5 Å². The first-order chi connectivity index (χ1) is 11.8. The topological polar surface area (TPSA) is 55.4 Å². The van der Waals surface area contributed by atoms with Gasteiger partial charge in [-0.1, -0.05) is 12.1 Å². The molecule has 4 nitrogen and oxygen atoms in total. The Bertz CT molecular complexity index is 770. The largest absolute Gasteiger partial charge is 0.449 e. The normalized spacial score (nSPS) is 12.8. The maximum atomic E-state index is 12.6. The second-order valence-electron chi connectivity index (χ2n) is 5.00. The van der Waals surface area contributed by atoms with Crippen molar-refractivity contribution in [1.29, 1.82) is 0 Å². The van der Waals surface area contributed by atoms with Gasteiger partial charge in [0.25, 0.3) is 5.91 Å². The smallest absolute Gasteiger partial charge is 0.416 e. The Hall–Kier alpha value is -2.61. The van der Waals surface area contributed by atoms with E-state index in [9.17, 15) is 22.8 Å². The van der Waals surface area contributed by atoms with Crippen LogP contribution in [-0.4, -0.2) is 18.0 Å². The van der Waals surface area contributed by atoms with Crippen LogP contribution < -0.4 is 5.32 Å². The molecule has 0 saturated carbocycles. The molecule has 0 aliphatic carbocycles. The zero-order chi connectivity index (χ0) is 18.4. The minimum absolute atomic E-state index is 0.0307. The van der Waals surface area contributed by atoms with Gasteiger partial charge in [0.15, 0.2) is 6.10 Å². The van der Waals surface area contributed by atoms with E-state index in [4.69, 9.17) is 4.74 Å². The zero-order valence-corrected chi connectivity index (χ0v) is 13.9. The molecular formula is C17H14F3NO3S. The standard InChI is InChI=1S/C17H14F3NO3S/c1-11(24-15(22)8-7-14-6-3-9-25-14)16(23)21-13-5-2-4-12(10-13)17(18,19)20/h2-11H,1H3,(H,21,23)/b8-7+/t11-/m1/s1. The summed E-state index contributed by atoms with van der Waals surface area (Å²) >= 11 is 1.43. The highest BCUT2D eigenvalue weighted by Crippen LogP contribution is 2.30. The van der Waals surface area contributed by atoms with Crippen LogP contribution in [0.4, 0.5) is 18.9 Å². The summed E-state index contributed by atoms with van der Waals surface area (Å²) in [5, 5.41) is 4.13. The number of hydrogen-bond donors (Lipinski definition) is 1. The van der Waals surface area contributed by atoms with Crippen LogP contribution in [0.1, 0.15) is 17.4 Å². The van der Waals surface area contributed by atoms with E-state index in [1.165, 1.54) is 36.5 Å². The Kier molecular flexibility index (Phi) is 5.97. The zero-order valence-electron chi connectivity index (χ0n) is 13.0. The number of carbonyl (C=O) groups is 2. The van der Waals surface area contributed by atoms with Gasteiger partial charge < -0.3 is 10.1 Å². The number of amides is 1. The molecule has 8 heteroatoms. The number of esters is 1. The van der Waals surface area contributed by atoms with Crippen molar-refractivity contribution >= 4 is 35.0 Å². The highest BCUT2D eigenvalue weighted by Gasteiger charge is 2.30. The van der Waals surface area contributed by atoms with E-state index in [0.717, 1.165) is 17.0 Å². The summed E-state index contributed by atoms with van der Waals surface area (Å²) in [5.74, 6) is -1.45. The third-order valence-corrected chi connectivity index (χ3v) is 3.88. The van der Waals surface area contributed by atoms with E-state index < -0.39 is 29.7 Å². The Morgan fingerprint density at radius 2 is 2.00 bits per heavy atom. The van der Waals surface area contributed by atoms with Crippen LogP contribution in [0.2, 0.25) is 0 Å². The summed E-state index contributed by atoms with van der Waals surface area (Å²) in [5.41, 5.74) is -0.911. The van der Waals surface area contributed by atoms with E-state index >= 15 is 0 Å². The summed E-state index contributed by atoms with van der Waals surface area (Å²) in [6.45, 7) is 1.33. The lowest BCUT2D eigenvalue weighted by molar-refractivity contribution is -0.148. The third-order valence-electron chi connectivity index (χ3n) is 3.05. The summed E-state index contributed by atoms with van der Waals surface area (Å²) in [6, 6.07) is 7.83. The Labute approximate surface area is 145 Å². The summed E-state index contributed by atoms with van der Waals surface area (Å²) in [7, 11) is 0. The molecule has 132 valence electrons. The third kappa shape index (κ3) is 5.75. The van der Waals surface area contributed by atoms with Gasteiger partial charge in [-0.05, 0) is 42.6 Å². The van der Waals surface area contributed by atoms with Crippen molar-refractivity contribution in [2.24, 2.45) is 0 Å². The second-order valence-corrected chi connectivity index (χ2v) is 5.97. The minimum Gasteiger partial charge on any atom is -0.449 e. The SMILES string of the molecule is C[C@@H](OC(=O)/C=C/c1cccs1)C(=O)Nc1cccc(C(F)(F)F)c1. The van der Waals surface area contributed by atoms with Crippen molar-refractivity contribution in [2.75, 3.05) is 5.32 Å². The average molecular weight is 369 g/mol. The first-order valence-electron chi connectivity index (χ1n) is 7.16. The number of alkyl halides is 3. The van der Waals surface area contributed by atoms with E-state index in [2.05, 4.69) is 5.32 Å². The molecule has 1 aromatic carbocycles. The van der Waals surface area contributed by atoms with Gasteiger partial charge in [-0.15, -0.1) is 11.3 Å². The molecule has 0 spiro atoms. The van der Waals surface area contributed by atoms with Crippen LogP contribution in [0.15, 0.2) is 47.9 Å². The number of hydrogen-bond acceptors (Lipinski definition) is 4. The van der Waals surface area contributed by atoms with Crippen LogP contribution in [0.3, 0.4) is 0 Å². The molecule has 1 N–H and O–H groups in total. The number of rotatable bonds is 5. The predicted octanol–water partition coefficient (Wildman–Crippen LogP) is 4.35. The Morgan fingerprint density at radius 1 is 1.24 bits per heavy atom. The van der Waals surface area contributed by atoms with Crippen molar-refractivity contribution in [2.45, 2.75) is 19.2 Å². The molecular weight excluding hydrogens is 355 g/mol. The molecule has 2 aromatic rings. The monoisotopic (exact) mass is 369 g/mol. The highest BCUT2D eigenvalue weighted by atomic mass is 32.1. The number of thiophene rings is 1. The molecule has 0 saturated heterocycles. The van der Waals surface area contributed by atoms with Gasteiger partial charge in [0.05, 0.1) is 5.56 Å². The van der Waals surface area contributed by atoms with Gasteiger partial charge in [0.2, 0.25) is 0 Å². The second kappa shape index (κ2) is 7.98. The number of ether oxygens (including phenoxy) is 1. The van der Waals surface area contributed by atoms with Crippen molar-refractivity contribution in [3.05, 3.63) is 58.3 Å². The summed E-state index contributed by atoms with van der Waals surface area (Å²) < 4.78 is 42.9. The van der Waals surface area contributed by atoms with E-state index in [-0.39, 0.29) is 5.69 Å². The predicted molar refractivity (Wildman–Crippen MR) is 89.0 cm³/mol. The average Bonchev–Trinajstić information content (AvgIpc) is 3.05. The number of carbonyl (C=O) groups excluding carboxylic acids is 2. The van der Waals surface area contributed by atoms with Crippen molar-refractivity contribution < 1.29 is 27.5 Å². The lowest BCUT2D eigenvalue weighted by Crippen LogP contribution is -2.29. The molecule has 1 amide bonds. The molecule has 0 unspecified atom stereocenters. The lowest BCUT2D eigenvalue weighted by Gasteiger charge is -2.13. The van der Waals surface area contributed by atoms with Crippen LogP contribution in [0.25, 0.3) is 6.08 Å². The fourth-order valence-electron chi connectivity index (χ4n) is 1.82. The number of benzene rings is 1. The van der Waals surface area contributed by atoms with Gasteiger partial charge in [0, 0.05) is 16.6 Å². The molecule has 0 aliphatic heterocycles. The molecule has 0 radical (unpaired) electrons. The number of nitrogens with one attached hydrogen (secondary N) is 1. The maximum Gasteiger partial charge on any atom is 0.416 e. The van der Waals surface area contributed by atoms with Crippen molar-refractivity contribution in [3.63, 3.8) is 0 Å². The lowest BCUT2D eigenvalue weighted by atomic mass is 10.2. The van der Waals surface area contributed by atoms with Gasteiger partial charge in [0.1, 0.15) is 0 Å². The highest BCUT2D eigenvalue weighted by molar-refractivity contribution is 7.10. The molecule has 2 rings (SSSR count). The first kappa shape index (κ1) is 18.7. The van der Waals surface area contributed by atoms with Gasteiger partial charge in [-0.3, -0.25) is 4.79 Å². The van der Waals surface area contributed by atoms with E-state index in [0.29, 0.717) is 0 Å². The van der Waals surface area contributed by atoms with Crippen LogP contribution in [0.5, 0.6) is 0 Å². The maximum absolute atomic E-state index is 12.6.